The molecule has 2 aromatic rings. The van der Waals surface area contributed by atoms with E-state index in [4.69, 9.17) is 10.5 Å². The molecule has 0 bridgehead atoms. The zero-order valence-corrected chi connectivity index (χ0v) is 15.3. The molecule has 5 nitrogen and oxygen atoms in total. The molecular formula is C19H21N3O2S. The summed E-state index contributed by atoms with van der Waals surface area (Å²) in [6.07, 6.45) is 0.899. The van der Waals surface area contributed by atoms with E-state index in [0.29, 0.717) is 11.3 Å². The van der Waals surface area contributed by atoms with E-state index in [9.17, 15) is 4.79 Å². The SMILES string of the molecule is CC1=CSC(C)(Oc2ccc(NC(=O)c3ccc(C)nc3N)cc2)C1. The van der Waals surface area contributed by atoms with Gasteiger partial charge in [0.15, 0.2) is 4.93 Å². The van der Waals surface area contributed by atoms with E-state index in [2.05, 4.69) is 29.6 Å². The van der Waals surface area contributed by atoms with E-state index < -0.39 is 0 Å². The van der Waals surface area contributed by atoms with Gasteiger partial charge in [0.05, 0.1) is 5.56 Å². The second-order valence-corrected chi connectivity index (χ2v) is 7.69. The number of aryl methyl sites for hydroxylation is 1. The fourth-order valence-corrected chi connectivity index (χ4v) is 3.69. The Balaban J connectivity index is 1.65. The van der Waals surface area contributed by atoms with Gasteiger partial charge in [-0.1, -0.05) is 17.3 Å². The number of rotatable bonds is 4. The van der Waals surface area contributed by atoms with Gasteiger partial charge in [0.2, 0.25) is 0 Å². The molecule has 1 aliphatic heterocycles. The Kier molecular flexibility index (Phi) is 4.72. The predicted octanol–water partition coefficient (Wildman–Crippen LogP) is 4.36. The first-order valence-electron chi connectivity index (χ1n) is 8.02. The maximum absolute atomic E-state index is 12.3. The van der Waals surface area contributed by atoms with Crippen LogP contribution < -0.4 is 15.8 Å². The number of benzene rings is 1. The lowest BCUT2D eigenvalue weighted by Gasteiger charge is -2.25. The molecule has 1 unspecified atom stereocenters. The van der Waals surface area contributed by atoms with Gasteiger partial charge in [-0.05, 0) is 62.6 Å². The quantitative estimate of drug-likeness (QED) is 0.852. The summed E-state index contributed by atoms with van der Waals surface area (Å²) in [6.45, 7) is 6.01. The van der Waals surface area contributed by atoms with Crippen LogP contribution >= 0.6 is 11.8 Å². The summed E-state index contributed by atoms with van der Waals surface area (Å²) in [5.41, 5.74) is 8.95. The smallest absolute Gasteiger partial charge is 0.259 e. The molecule has 0 saturated heterocycles. The zero-order chi connectivity index (χ0) is 18.0. The summed E-state index contributed by atoms with van der Waals surface area (Å²) >= 11 is 1.69. The molecule has 3 rings (SSSR count). The number of hydrogen-bond acceptors (Lipinski definition) is 5. The van der Waals surface area contributed by atoms with Gasteiger partial charge in [-0.3, -0.25) is 4.79 Å². The number of thioether (sulfide) groups is 1. The Morgan fingerprint density at radius 2 is 1.96 bits per heavy atom. The van der Waals surface area contributed by atoms with Crippen LogP contribution in [-0.4, -0.2) is 15.8 Å². The molecule has 6 heteroatoms. The number of ether oxygens (including phenoxy) is 1. The van der Waals surface area contributed by atoms with Crippen LogP contribution in [0.2, 0.25) is 0 Å². The molecule has 3 N–H and O–H groups in total. The second-order valence-electron chi connectivity index (χ2n) is 6.36. The standard InChI is InChI=1S/C19H21N3O2S/c1-12-10-19(3,25-11-12)24-15-7-5-14(6-8-15)22-18(23)16-9-4-13(2)21-17(16)20/h4-9,11H,10H2,1-3H3,(H2,20,21)(H,22,23). The third-order valence-electron chi connectivity index (χ3n) is 3.86. The average Bonchev–Trinajstić information content (AvgIpc) is 2.88. The molecule has 130 valence electrons. The molecule has 0 spiro atoms. The lowest BCUT2D eigenvalue weighted by molar-refractivity contribution is 0.102. The molecule has 25 heavy (non-hydrogen) atoms. The summed E-state index contributed by atoms with van der Waals surface area (Å²) < 4.78 is 6.08. The van der Waals surface area contributed by atoms with Crippen LogP contribution in [0.25, 0.3) is 0 Å². The second kappa shape index (κ2) is 6.80. The van der Waals surface area contributed by atoms with Gasteiger partial charge in [0.25, 0.3) is 5.91 Å². The van der Waals surface area contributed by atoms with Gasteiger partial charge in [0, 0.05) is 17.8 Å². The molecule has 1 aliphatic rings. The maximum Gasteiger partial charge on any atom is 0.259 e. The minimum absolute atomic E-state index is 0.228. The third-order valence-corrected chi connectivity index (χ3v) is 5.11. The van der Waals surface area contributed by atoms with Crippen molar-refractivity contribution in [3.63, 3.8) is 0 Å². The average molecular weight is 355 g/mol. The highest BCUT2D eigenvalue weighted by Gasteiger charge is 2.31. The lowest BCUT2D eigenvalue weighted by atomic mass is 10.1. The maximum atomic E-state index is 12.3. The molecule has 0 saturated carbocycles. The van der Waals surface area contributed by atoms with Crippen molar-refractivity contribution in [3.05, 3.63) is 58.6 Å². The van der Waals surface area contributed by atoms with Crippen molar-refractivity contribution in [3.8, 4) is 5.75 Å². The highest BCUT2D eigenvalue weighted by Crippen LogP contribution is 2.41. The van der Waals surface area contributed by atoms with E-state index in [1.54, 1.807) is 23.9 Å². The number of pyridine rings is 1. The van der Waals surface area contributed by atoms with Gasteiger partial charge in [0.1, 0.15) is 11.6 Å². The minimum atomic E-state index is -0.281. The minimum Gasteiger partial charge on any atom is -0.476 e. The van der Waals surface area contributed by atoms with E-state index in [-0.39, 0.29) is 16.7 Å². The third kappa shape index (κ3) is 4.14. The summed E-state index contributed by atoms with van der Waals surface area (Å²) in [5, 5.41) is 4.96. The molecular weight excluding hydrogens is 334 g/mol. The van der Waals surface area contributed by atoms with Crippen LogP contribution in [0.3, 0.4) is 0 Å². The highest BCUT2D eigenvalue weighted by atomic mass is 32.2. The molecule has 1 amide bonds. The van der Waals surface area contributed by atoms with Crippen LogP contribution in [0.4, 0.5) is 11.5 Å². The zero-order valence-electron chi connectivity index (χ0n) is 14.5. The monoisotopic (exact) mass is 355 g/mol. The molecule has 0 fully saturated rings. The summed E-state index contributed by atoms with van der Waals surface area (Å²) in [7, 11) is 0. The Morgan fingerprint density at radius 3 is 2.56 bits per heavy atom. The summed E-state index contributed by atoms with van der Waals surface area (Å²) in [5.74, 6) is 0.718. The predicted molar refractivity (Wildman–Crippen MR) is 103 cm³/mol. The number of aromatic nitrogens is 1. The molecule has 0 radical (unpaired) electrons. The number of nitrogen functional groups attached to an aromatic ring is 1. The molecule has 2 heterocycles. The van der Waals surface area contributed by atoms with Crippen molar-refractivity contribution in [1.82, 2.24) is 4.98 Å². The Labute approximate surface area is 151 Å². The van der Waals surface area contributed by atoms with Crippen molar-refractivity contribution in [2.24, 2.45) is 0 Å². The first-order chi connectivity index (χ1) is 11.8. The molecule has 0 aliphatic carbocycles. The molecule has 1 aromatic heterocycles. The van der Waals surface area contributed by atoms with Crippen molar-refractivity contribution in [2.75, 3.05) is 11.1 Å². The van der Waals surface area contributed by atoms with E-state index >= 15 is 0 Å². The lowest BCUT2D eigenvalue weighted by Crippen LogP contribution is -2.25. The largest absolute Gasteiger partial charge is 0.476 e. The van der Waals surface area contributed by atoms with E-state index in [1.807, 2.05) is 31.2 Å². The number of hydrogen-bond donors (Lipinski definition) is 2. The number of amides is 1. The molecule has 1 aromatic carbocycles. The van der Waals surface area contributed by atoms with E-state index in [1.165, 1.54) is 5.57 Å². The van der Waals surface area contributed by atoms with Gasteiger partial charge >= 0.3 is 0 Å². The Morgan fingerprint density at radius 1 is 1.24 bits per heavy atom. The highest BCUT2D eigenvalue weighted by molar-refractivity contribution is 8.03. The normalized spacial score (nSPS) is 19.4. The Hall–Kier alpha value is -2.47. The summed E-state index contributed by atoms with van der Waals surface area (Å²) in [4.78, 5) is 16.2. The number of carbonyl (C=O) groups excluding carboxylic acids is 1. The number of anilines is 2. The van der Waals surface area contributed by atoms with Gasteiger partial charge < -0.3 is 15.8 Å². The number of nitrogens with zero attached hydrogens (tertiary/aromatic N) is 1. The van der Waals surface area contributed by atoms with Crippen LogP contribution in [0, 0.1) is 6.92 Å². The fourth-order valence-electron chi connectivity index (χ4n) is 2.70. The molecule has 1 atom stereocenters. The fraction of sp³-hybridized carbons (Fsp3) is 0.263. The number of nitrogens with two attached hydrogens (primary N) is 1. The topological polar surface area (TPSA) is 77.2 Å². The van der Waals surface area contributed by atoms with Crippen LogP contribution in [0.1, 0.15) is 36.3 Å². The van der Waals surface area contributed by atoms with Crippen molar-refractivity contribution >= 4 is 29.2 Å². The Bertz CT molecular complexity index is 833. The van der Waals surface area contributed by atoms with Crippen LogP contribution in [-0.2, 0) is 0 Å². The van der Waals surface area contributed by atoms with Crippen molar-refractivity contribution in [1.29, 1.82) is 0 Å². The van der Waals surface area contributed by atoms with Gasteiger partial charge in [-0.25, -0.2) is 4.98 Å². The first-order valence-corrected chi connectivity index (χ1v) is 8.90. The van der Waals surface area contributed by atoms with Crippen LogP contribution in [0.15, 0.2) is 47.4 Å². The van der Waals surface area contributed by atoms with E-state index in [0.717, 1.165) is 17.9 Å². The first kappa shape index (κ1) is 17.4. The van der Waals surface area contributed by atoms with Crippen LogP contribution in [0.5, 0.6) is 5.75 Å². The van der Waals surface area contributed by atoms with Crippen molar-refractivity contribution in [2.45, 2.75) is 32.1 Å². The summed E-state index contributed by atoms with van der Waals surface area (Å²) in [6, 6.07) is 10.8. The van der Waals surface area contributed by atoms with Gasteiger partial charge in [-0.2, -0.15) is 0 Å². The van der Waals surface area contributed by atoms with Crippen molar-refractivity contribution < 1.29 is 9.53 Å². The number of nitrogens with one attached hydrogen (secondary N) is 1. The van der Waals surface area contributed by atoms with Gasteiger partial charge in [-0.15, -0.1) is 0 Å². The number of carbonyl (C=O) groups is 1.